The standard InChI is InChI=1S/C15H20N4O3S/c1-2-23(21,22)18-9-4-8-16-14-7-10-17-15(19-14)12-5-3-6-13(20)11-12/h3,5-7,10-11,18,20H,2,4,8-9H2,1H3,(H,16,17,19). The first kappa shape index (κ1) is 17.2. The van der Waals surface area contributed by atoms with Crippen molar-refractivity contribution in [2.45, 2.75) is 13.3 Å². The molecule has 0 aliphatic rings. The van der Waals surface area contributed by atoms with E-state index in [2.05, 4.69) is 20.0 Å². The topological polar surface area (TPSA) is 104 Å². The van der Waals surface area contributed by atoms with E-state index in [1.165, 1.54) is 0 Å². The summed E-state index contributed by atoms with van der Waals surface area (Å²) in [6.07, 6.45) is 2.28. The Morgan fingerprint density at radius 1 is 1.22 bits per heavy atom. The molecule has 0 aliphatic heterocycles. The molecule has 0 spiro atoms. The van der Waals surface area contributed by atoms with E-state index in [1.807, 2.05) is 6.07 Å². The van der Waals surface area contributed by atoms with Gasteiger partial charge in [-0.1, -0.05) is 12.1 Å². The van der Waals surface area contributed by atoms with Crippen LogP contribution in [0.2, 0.25) is 0 Å². The molecule has 1 aromatic carbocycles. The molecule has 0 unspecified atom stereocenters. The van der Waals surface area contributed by atoms with Crippen molar-refractivity contribution in [3.8, 4) is 17.1 Å². The normalized spacial score (nSPS) is 11.3. The molecule has 1 heterocycles. The summed E-state index contributed by atoms with van der Waals surface area (Å²) in [7, 11) is -3.14. The van der Waals surface area contributed by atoms with E-state index in [9.17, 15) is 13.5 Å². The van der Waals surface area contributed by atoms with Gasteiger partial charge >= 0.3 is 0 Å². The summed E-state index contributed by atoms with van der Waals surface area (Å²) in [4.78, 5) is 8.56. The fraction of sp³-hybridized carbons (Fsp3) is 0.333. The van der Waals surface area contributed by atoms with Crippen LogP contribution in [0.15, 0.2) is 36.5 Å². The van der Waals surface area contributed by atoms with Crippen LogP contribution in [-0.2, 0) is 10.0 Å². The van der Waals surface area contributed by atoms with Crippen molar-refractivity contribution in [3.63, 3.8) is 0 Å². The zero-order valence-electron chi connectivity index (χ0n) is 12.9. The molecule has 124 valence electrons. The number of phenols is 1. The monoisotopic (exact) mass is 336 g/mol. The number of aromatic nitrogens is 2. The maximum Gasteiger partial charge on any atom is 0.211 e. The van der Waals surface area contributed by atoms with E-state index in [1.54, 1.807) is 37.4 Å². The number of hydrogen-bond acceptors (Lipinski definition) is 6. The summed E-state index contributed by atoms with van der Waals surface area (Å²) in [6, 6.07) is 8.47. The van der Waals surface area contributed by atoms with Gasteiger partial charge in [0.05, 0.1) is 5.75 Å². The Balaban J connectivity index is 1.88. The van der Waals surface area contributed by atoms with Crippen LogP contribution in [0.4, 0.5) is 5.82 Å². The van der Waals surface area contributed by atoms with Crippen LogP contribution in [-0.4, -0.2) is 42.3 Å². The molecule has 23 heavy (non-hydrogen) atoms. The van der Waals surface area contributed by atoms with Crippen LogP contribution in [0.1, 0.15) is 13.3 Å². The van der Waals surface area contributed by atoms with Gasteiger partial charge in [0.1, 0.15) is 11.6 Å². The molecule has 0 saturated heterocycles. The van der Waals surface area contributed by atoms with Crippen molar-refractivity contribution in [2.24, 2.45) is 0 Å². The zero-order valence-corrected chi connectivity index (χ0v) is 13.7. The van der Waals surface area contributed by atoms with Gasteiger partial charge in [-0.15, -0.1) is 0 Å². The van der Waals surface area contributed by atoms with Gasteiger partial charge in [-0.25, -0.2) is 23.1 Å². The second-order valence-corrected chi connectivity index (χ2v) is 6.99. The highest BCUT2D eigenvalue weighted by atomic mass is 32.2. The summed E-state index contributed by atoms with van der Waals surface area (Å²) in [5.41, 5.74) is 0.726. The number of nitrogens with one attached hydrogen (secondary N) is 2. The lowest BCUT2D eigenvalue weighted by molar-refractivity contribution is 0.475. The van der Waals surface area contributed by atoms with E-state index in [4.69, 9.17) is 0 Å². The number of benzene rings is 1. The number of phenolic OH excluding ortho intramolecular Hbond substituents is 1. The molecule has 1 aromatic heterocycles. The van der Waals surface area contributed by atoms with Crippen LogP contribution in [0.3, 0.4) is 0 Å². The molecule has 8 heteroatoms. The predicted molar refractivity (Wildman–Crippen MR) is 89.7 cm³/mol. The Labute approximate surface area is 135 Å². The smallest absolute Gasteiger partial charge is 0.211 e. The van der Waals surface area contributed by atoms with E-state index in [0.717, 1.165) is 5.56 Å². The van der Waals surface area contributed by atoms with Gasteiger partial charge in [0, 0.05) is 24.8 Å². The molecule has 0 aliphatic carbocycles. The van der Waals surface area contributed by atoms with Crippen molar-refractivity contribution >= 4 is 15.8 Å². The molecule has 0 saturated carbocycles. The number of aromatic hydroxyl groups is 1. The molecule has 0 amide bonds. The quantitative estimate of drug-likeness (QED) is 0.632. The lowest BCUT2D eigenvalue weighted by Crippen LogP contribution is -2.27. The predicted octanol–water partition coefficient (Wildman–Crippen LogP) is 1.59. The van der Waals surface area contributed by atoms with Gasteiger partial charge in [-0.3, -0.25) is 0 Å². The third-order valence-corrected chi connectivity index (χ3v) is 4.53. The second kappa shape index (κ2) is 7.89. The minimum atomic E-state index is -3.14. The molecular weight excluding hydrogens is 316 g/mol. The first-order valence-electron chi connectivity index (χ1n) is 7.34. The second-order valence-electron chi connectivity index (χ2n) is 4.89. The third kappa shape index (κ3) is 5.50. The van der Waals surface area contributed by atoms with Crippen molar-refractivity contribution in [2.75, 3.05) is 24.2 Å². The highest BCUT2D eigenvalue weighted by Gasteiger charge is 2.05. The SMILES string of the molecule is CCS(=O)(=O)NCCCNc1ccnc(-c2cccc(O)c2)n1. The van der Waals surface area contributed by atoms with E-state index < -0.39 is 10.0 Å². The molecule has 0 radical (unpaired) electrons. The molecule has 2 aromatic rings. The molecule has 0 atom stereocenters. The molecule has 0 bridgehead atoms. The highest BCUT2D eigenvalue weighted by Crippen LogP contribution is 2.20. The van der Waals surface area contributed by atoms with Crippen molar-refractivity contribution in [3.05, 3.63) is 36.5 Å². The zero-order chi connectivity index (χ0) is 16.7. The van der Waals surface area contributed by atoms with E-state index in [0.29, 0.717) is 31.2 Å². The van der Waals surface area contributed by atoms with Gasteiger partial charge in [-0.05, 0) is 31.5 Å². The Kier molecular flexibility index (Phi) is 5.89. The van der Waals surface area contributed by atoms with Crippen molar-refractivity contribution in [1.82, 2.24) is 14.7 Å². The lowest BCUT2D eigenvalue weighted by Gasteiger charge is -2.08. The minimum absolute atomic E-state index is 0.0830. The average molecular weight is 336 g/mol. The number of sulfonamides is 1. The Morgan fingerprint density at radius 3 is 2.78 bits per heavy atom. The maximum absolute atomic E-state index is 11.3. The van der Waals surface area contributed by atoms with Gasteiger partial charge in [0.25, 0.3) is 0 Å². The van der Waals surface area contributed by atoms with Crippen LogP contribution >= 0.6 is 0 Å². The van der Waals surface area contributed by atoms with Crippen LogP contribution in [0.25, 0.3) is 11.4 Å². The largest absolute Gasteiger partial charge is 0.508 e. The van der Waals surface area contributed by atoms with Gasteiger partial charge in [0.15, 0.2) is 5.82 Å². The van der Waals surface area contributed by atoms with Gasteiger partial charge < -0.3 is 10.4 Å². The first-order chi connectivity index (χ1) is 11.0. The maximum atomic E-state index is 11.3. The average Bonchev–Trinajstić information content (AvgIpc) is 2.55. The van der Waals surface area contributed by atoms with Gasteiger partial charge in [-0.2, -0.15) is 0 Å². The van der Waals surface area contributed by atoms with E-state index >= 15 is 0 Å². The summed E-state index contributed by atoms with van der Waals surface area (Å²) in [6.45, 7) is 2.57. The number of nitrogens with zero attached hydrogens (tertiary/aromatic N) is 2. The molecule has 7 nitrogen and oxygen atoms in total. The third-order valence-electron chi connectivity index (χ3n) is 3.12. The molecule has 0 fully saturated rings. The fourth-order valence-electron chi connectivity index (χ4n) is 1.88. The van der Waals surface area contributed by atoms with Crippen LogP contribution in [0.5, 0.6) is 5.75 Å². The number of hydrogen-bond donors (Lipinski definition) is 3. The van der Waals surface area contributed by atoms with Crippen LogP contribution in [0, 0.1) is 0 Å². The van der Waals surface area contributed by atoms with Crippen molar-refractivity contribution < 1.29 is 13.5 Å². The molecular formula is C15H20N4O3S. The summed E-state index contributed by atoms with van der Waals surface area (Å²) in [5, 5.41) is 12.6. The highest BCUT2D eigenvalue weighted by molar-refractivity contribution is 7.89. The fourth-order valence-corrected chi connectivity index (χ4v) is 2.54. The first-order valence-corrected chi connectivity index (χ1v) is 8.99. The summed E-state index contributed by atoms with van der Waals surface area (Å²) < 4.78 is 25.1. The molecule has 2 rings (SSSR count). The van der Waals surface area contributed by atoms with Crippen LogP contribution < -0.4 is 10.0 Å². The van der Waals surface area contributed by atoms with Gasteiger partial charge in [0.2, 0.25) is 10.0 Å². The lowest BCUT2D eigenvalue weighted by atomic mass is 10.2. The van der Waals surface area contributed by atoms with Crippen molar-refractivity contribution in [1.29, 1.82) is 0 Å². The summed E-state index contributed by atoms with van der Waals surface area (Å²) in [5.74, 6) is 1.40. The number of rotatable bonds is 8. The number of anilines is 1. The minimum Gasteiger partial charge on any atom is -0.508 e. The summed E-state index contributed by atoms with van der Waals surface area (Å²) >= 11 is 0. The Hall–Kier alpha value is -2.19. The molecule has 3 N–H and O–H groups in total. The Morgan fingerprint density at radius 2 is 2.04 bits per heavy atom. The van der Waals surface area contributed by atoms with E-state index in [-0.39, 0.29) is 11.5 Å². The Bertz CT molecular complexity index is 750.